The average Bonchev–Trinajstić information content (AvgIpc) is 3.20. The topological polar surface area (TPSA) is 48.1 Å². The highest BCUT2D eigenvalue weighted by atomic mass is 19.1. The third-order valence-corrected chi connectivity index (χ3v) is 5.62. The van der Waals surface area contributed by atoms with Crippen molar-refractivity contribution in [1.29, 1.82) is 0 Å². The van der Waals surface area contributed by atoms with Crippen molar-refractivity contribution in [2.45, 2.75) is 12.3 Å². The molecule has 0 saturated heterocycles. The molecular weight excluding hydrogens is 389 g/mol. The molecular formula is C26H26FN3O. The van der Waals surface area contributed by atoms with Gasteiger partial charge in [-0.15, -0.1) is 0 Å². The number of aromatic amines is 1. The summed E-state index contributed by atoms with van der Waals surface area (Å²) in [7, 11) is 4.02. The molecule has 0 unspecified atom stereocenters. The summed E-state index contributed by atoms with van der Waals surface area (Å²) >= 11 is 0. The molecule has 0 fully saturated rings. The van der Waals surface area contributed by atoms with E-state index in [-0.39, 0.29) is 24.1 Å². The summed E-state index contributed by atoms with van der Waals surface area (Å²) in [6.45, 7) is 0.427. The first-order valence-electron chi connectivity index (χ1n) is 10.4. The fraction of sp³-hybridized carbons (Fsp3) is 0.192. The number of benzene rings is 3. The van der Waals surface area contributed by atoms with Crippen molar-refractivity contribution in [1.82, 2.24) is 10.3 Å². The maximum atomic E-state index is 13.9. The Balaban J connectivity index is 1.59. The number of nitrogens with one attached hydrogen (secondary N) is 2. The molecule has 0 saturated carbocycles. The fourth-order valence-electron chi connectivity index (χ4n) is 3.89. The number of H-pyrrole nitrogens is 1. The van der Waals surface area contributed by atoms with Crippen LogP contribution in [0, 0.1) is 5.82 Å². The molecule has 4 rings (SSSR count). The van der Waals surface area contributed by atoms with Crippen molar-refractivity contribution in [3.63, 3.8) is 0 Å². The standard InChI is InChI=1S/C26H26FN3O/c1-30(2)20-13-11-18(12-14-20)22(23-17-28-25-10-6-4-8-21(23)25)16-29-26(31)15-19-7-3-5-9-24(19)27/h3-14,17,22,28H,15-16H2,1-2H3,(H,29,31)/t22-/m0/s1. The molecule has 0 spiro atoms. The predicted octanol–water partition coefficient (Wildman–Crippen LogP) is 4.86. The van der Waals surface area contributed by atoms with E-state index in [9.17, 15) is 9.18 Å². The average molecular weight is 416 g/mol. The molecule has 4 aromatic rings. The zero-order valence-electron chi connectivity index (χ0n) is 17.7. The predicted molar refractivity (Wildman–Crippen MR) is 124 cm³/mol. The van der Waals surface area contributed by atoms with Gasteiger partial charge < -0.3 is 15.2 Å². The molecule has 1 aromatic heterocycles. The number of rotatable bonds is 7. The molecule has 1 amide bonds. The van der Waals surface area contributed by atoms with Crippen molar-refractivity contribution in [3.8, 4) is 0 Å². The van der Waals surface area contributed by atoms with Gasteiger partial charge in [-0.3, -0.25) is 4.79 Å². The van der Waals surface area contributed by atoms with E-state index in [0.717, 1.165) is 27.7 Å². The highest BCUT2D eigenvalue weighted by Crippen LogP contribution is 2.31. The SMILES string of the molecule is CN(C)c1ccc([C@H](CNC(=O)Cc2ccccc2F)c2c[nH]c3ccccc23)cc1. The van der Waals surface area contributed by atoms with E-state index >= 15 is 0 Å². The quantitative estimate of drug-likeness (QED) is 0.453. The number of hydrogen-bond acceptors (Lipinski definition) is 2. The minimum absolute atomic E-state index is 0.0207. The van der Waals surface area contributed by atoms with Crippen molar-refractivity contribution >= 4 is 22.5 Å². The largest absolute Gasteiger partial charge is 0.378 e. The molecule has 3 aromatic carbocycles. The fourth-order valence-corrected chi connectivity index (χ4v) is 3.89. The monoisotopic (exact) mass is 415 g/mol. The van der Waals surface area contributed by atoms with Crippen molar-refractivity contribution in [2.24, 2.45) is 0 Å². The second kappa shape index (κ2) is 9.04. The first-order valence-corrected chi connectivity index (χ1v) is 10.4. The van der Waals surface area contributed by atoms with Crippen LogP contribution in [0.2, 0.25) is 0 Å². The first kappa shape index (κ1) is 20.7. The lowest BCUT2D eigenvalue weighted by molar-refractivity contribution is -0.120. The zero-order chi connectivity index (χ0) is 21.8. The van der Waals surface area contributed by atoms with Crippen LogP contribution in [-0.4, -0.2) is 31.5 Å². The molecule has 158 valence electrons. The van der Waals surface area contributed by atoms with E-state index in [4.69, 9.17) is 0 Å². The van der Waals surface area contributed by atoms with Gasteiger partial charge in [0.05, 0.1) is 6.42 Å². The lowest BCUT2D eigenvalue weighted by Crippen LogP contribution is -2.30. The highest BCUT2D eigenvalue weighted by molar-refractivity contribution is 5.84. The zero-order valence-corrected chi connectivity index (χ0v) is 17.7. The van der Waals surface area contributed by atoms with Crippen molar-refractivity contribution < 1.29 is 9.18 Å². The maximum absolute atomic E-state index is 13.9. The number of carbonyl (C=O) groups excluding carboxylic acids is 1. The van der Waals surface area contributed by atoms with Gasteiger partial charge in [0.1, 0.15) is 5.82 Å². The number of fused-ring (bicyclic) bond motifs is 1. The van der Waals surface area contributed by atoms with Crippen LogP contribution in [0.25, 0.3) is 10.9 Å². The van der Waals surface area contributed by atoms with Gasteiger partial charge >= 0.3 is 0 Å². The Kier molecular flexibility index (Phi) is 6.03. The molecule has 2 N–H and O–H groups in total. The summed E-state index contributed by atoms with van der Waals surface area (Å²) in [6.07, 6.45) is 2.03. The second-order valence-corrected chi connectivity index (χ2v) is 7.90. The van der Waals surface area contributed by atoms with Gasteiger partial charge in [-0.2, -0.15) is 0 Å². The Bertz CT molecular complexity index is 1180. The third kappa shape index (κ3) is 4.61. The molecule has 0 radical (unpaired) electrons. The minimum Gasteiger partial charge on any atom is -0.378 e. The second-order valence-electron chi connectivity index (χ2n) is 7.90. The normalized spacial score (nSPS) is 12.0. The van der Waals surface area contributed by atoms with E-state index in [1.807, 2.05) is 38.5 Å². The molecule has 5 heteroatoms. The van der Waals surface area contributed by atoms with E-state index in [0.29, 0.717) is 12.1 Å². The Labute approximate surface area is 181 Å². The van der Waals surface area contributed by atoms with Crippen molar-refractivity contribution in [3.05, 3.63) is 102 Å². The van der Waals surface area contributed by atoms with Gasteiger partial charge in [-0.25, -0.2) is 4.39 Å². The Morgan fingerprint density at radius 2 is 1.71 bits per heavy atom. The summed E-state index contributed by atoms with van der Waals surface area (Å²) in [6, 6.07) is 22.9. The number of anilines is 1. The van der Waals surface area contributed by atoms with Crippen LogP contribution in [0.15, 0.2) is 79.0 Å². The van der Waals surface area contributed by atoms with Gasteiger partial charge in [-0.05, 0) is 41.0 Å². The van der Waals surface area contributed by atoms with Crippen molar-refractivity contribution in [2.75, 3.05) is 25.5 Å². The smallest absolute Gasteiger partial charge is 0.224 e. The maximum Gasteiger partial charge on any atom is 0.224 e. The van der Waals surface area contributed by atoms with Gasteiger partial charge in [-0.1, -0.05) is 48.5 Å². The van der Waals surface area contributed by atoms with Crippen LogP contribution in [0.4, 0.5) is 10.1 Å². The summed E-state index contributed by atoms with van der Waals surface area (Å²) < 4.78 is 13.9. The molecule has 0 aliphatic heterocycles. The number of hydrogen-bond donors (Lipinski definition) is 2. The molecule has 4 nitrogen and oxygen atoms in total. The molecule has 1 heterocycles. The molecule has 1 atom stereocenters. The van der Waals surface area contributed by atoms with Crippen LogP contribution in [0.1, 0.15) is 22.6 Å². The Morgan fingerprint density at radius 1 is 1.00 bits per heavy atom. The van der Waals surface area contributed by atoms with Crippen LogP contribution in [-0.2, 0) is 11.2 Å². The molecule has 0 aliphatic carbocycles. The van der Waals surface area contributed by atoms with E-state index < -0.39 is 0 Å². The highest BCUT2D eigenvalue weighted by Gasteiger charge is 2.19. The van der Waals surface area contributed by atoms with Gasteiger partial charge in [0.15, 0.2) is 0 Å². The lowest BCUT2D eigenvalue weighted by atomic mass is 9.90. The number of amides is 1. The number of aromatic nitrogens is 1. The summed E-state index contributed by atoms with van der Waals surface area (Å²) in [5.41, 5.74) is 4.81. The lowest BCUT2D eigenvalue weighted by Gasteiger charge is -2.20. The van der Waals surface area contributed by atoms with Crippen LogP contribution in [0.5, 0.6) is 0 Å². The number of nitrogens with zero attached hydrogens (tertiary/aromatic N) is 1. The Morgan fingerprint density at radius 3 is 2.45 bits per heavy atom. The molecule has 0 bridgehead atoms. The van der Waals surface area contributed by atoms with E-state index in [2.05, 4.69) is 45.5 Å². The molecule has 31 heavy (non-hydrogen) atoms. The van der Waals surface area contributed by atoms with Crippen LogP contribution >= 0.6 is 0 Å². The van der Waals surface area contributed by atoms with Gasteiger partial charge in [0.25, 0.3) is 0 Å². The van der Waals surface area contributed by atoms with Crippen LogP contribution in [0.3, 0.4) is 0 Å². The first-order chi connectivity index (χ1) is 15.0. The third-order valence-electron chi connectivity index (χ3n) is 5.62. The number of para-hydroxylation sites is 1. The Hall–Kier alpha value is -3.60. The minimum atomic E-state index is -0.356. The summed E-state index contributed by atoms with van der Waals surface area (Å²) in [5.74, 6) is -0.582. The van der Waals surface area contributed by atoms with Gasteiger partial charge in [0.2, 0.25) is 5.91 Å². The van der Waals surface area contributed by atoms with Gasteiger partial charge in [0, 0.05) is 49.3 Å². The molecule has 0 aliphatic rings. The van der Waals surface area contributed by atoms with Crippen LogP contribution < -0.4 is 10.2 Å². The summed E-state index contributed by atoms with van der Waals surface area (Å²) in [5, 5.41) is 4.15. The van der Waals surface area contributed by atoms with E-state index in [1.54, 1.807) is 18.2 Å². The van der Waals surface area contributed by atoms with E-state index in [1.165, 1.54) is 6.07 Å². The number of carbonyl (C=O) groups is 1. The number of halogens is 1. The summed E-state index contributed by atoms with van der Waals surface area (Å²) in [4.78, 5) is 18.0.